The monoisotopic (exact) mass is 830 g/mol. The highest BCUT2D eigenvalue weighted by Gasteiger charge is 2.23. The molecule has 0 aliphatic carbocycles. The normalized spacial score (nSPS) is 13.3. The van der Waals surface area contributed by atoms with Crippen molar-refractivity contribution in [2.24, 2.45) is 11.8 Å². The summed E-state index contributed by atoms with van der Waals surface area (Å²) in [6, 6.07) is 16.2. The molecule has 2 aromatic rings. The van der Waals surface area contributed by atoms with Gasteiger partial charge in [-0.15, -0.1) is 0 Å². The van der Waals surface area contributed by atoms with Gasteiger partial charge in [-0.25, -0.2) is 0 Å². The van der Waals surface area contributed by atoms with Crippen LogP contribution in [0.5, 0.6) is 0 Å². The van der Waals surface area contributed by atoms with Gasteiger partial charge >= 0.3 is 23.9 Å². The fourth-order valence-electron chi connectivity index (χ4n) is 5.64. The fourth-order valence-corrected chi connectivity index (χ4v) is 6.45. The summed E-state index contributed by atoms with van der Waals surface area (Å²) in [6.07, 6.45) is 1.81. The minimum Gasteiger partial charge on any atom is -0.461 e. The number of aliphatic hydroxyl groups is 2. The van der Waals surface area contributed by atoms with Crippen LogP contribution in [0.1, 0.15) is 81.0 Å². The summed E-state index contributed by atoms with van der Waals surface area (Å²) in [5.41, 5.74) is 4.57. The number of nitrogens with zero attached hydrogens (tertiary/aromatic N) is 2. The average molecular weight is 831 g/mol. The van der Waals surface area contributed by atoms with E-state index in [0.717, 1.165) is 35.2 Å². The van der Waals surface area contributed by atoms with Crippen LogP contribution in [-0.4, -0.2) is 127 Å². The molecule has 2 N–H and O–H groups in total. The zero-order valence-corrected chi connectivity index (χ0v) is 36.1. The first kappa shape index (κ1) is 50.2. The van der Waals surface area contributed by atoms with E-state index >= 15 is 0 Å². The lowest BCUT2D eigenvalue weighted by molar-refractivity contribution is -0.163. The Kier molecular flexibility index (Phi) is 24.6. The van der Waals surface area contributed by atoms with E-state index in [1.165, 1.54) is 11.8 Å². The Morgan fingerprint density at radius 1 is 0.638 bits per heavy atom. The third-order valence-electron chi connectivity index (χ3n) is 9.46. The van der Waals surface area contributed by atoms with E-state index in [1.807, 2.05) is 81.4 Å². The summed E-state index contributed by atoms with van der Waals surface area (Å²) < 4.78 is 21.4. The van der Waals surface area contributed by atoms with Crippen molar-refractivity contribution in [1.29, 1.82) is 0 Å². The van der Waals surface area contributed by atoms with Gasteiger partial charge in [0.1, 0.15) is 13.2 Å². The largest absolute Gasteiger partial charge is 0.461 e. The highest BCUT2D eigenvalue weighted by atomic mass is 32.2. The number of carbonyl (C=O) groups is 5. The molecular weight excluding hydrogens is 765 g/mol. The second-order valence-electron chi connectivity index (χ2n) is 15.2. The van der Waals surface area contributed by atoms with E-state index in [-0.39, 0.29) is 69.1 Å². The fraction of sp³-hybridized carbons (Fsp3) is 0.614. The van der Waals surface area contributed by atoms with Crippen molar-refractivity contribution in [1.82, 2.24) is 9.80 Å². The van der Waals surface area contributed by atoms with Gasteiger partial charge in [-0.05, 0) is 90.6 Å². The Labute approximate surface area is 349 Å². The number of rotatable bonds is 28. The second-order valence-corrected chi connectivity index (χ2v) is 16.2. The van der Waals surface area contributed by atoms with Crippen molar-refractivity contribution < 1.29 is 53.1 Å². The summed E-state index contributed by atoms with van der Waals surface area (Å²) in [5.74, 6) is -2.24. The highest BCUT2D eigenvalue weighted by Crippen LogP contribution is 2.16. The molecule has 58 heavy (non-hydrogen) atoms. The van der Waals surface area contributed by atoms with Crippen molar-refractivity contribution in [3.8, 4) is 0 Å². The van der Waals surface area contributed by atoms with Crippen LogP contribution >= 0.6 is 11.8 Å². The Hall–Kier alpha value is -3.98. The number of hydrogen-bond acceptors (Lipinski definition) is 13. The molecule has 2 aromatic carbocycles. The minimum atomic E-state index is -1.02. The van der Waals surface area contributed by atoms with Crippen LogP contribution in [-0.2, 0) is 51.0 Å². The van der Waals surface area contributed by atoms with Gasteiger partial charge in [-0.3, -0.25) is 24.0 Å². The van der Waals surface area contributed by atoms with E-state index in [9.17, 15) is 34.2 Å². The van der Waals surface area contributed by atoms with Gasteiger partial charge in [0.25, 0.3) is 5.24 Å². The molecule has 14 heteroatoms. The first-order valence-electron chi connectivity index (χ1n) is 20.3. The molecule has 4 atom stereocenters. The van der Waals surface area contributed by atoms with Crippen LogP contribution in [0.2, 0.25) is 0 Å². The van der Waals surface area contributed by atoms with Crippen LogP contribution in [0.15, 0.2) is 48.5 Å². The van der Waals surface area contributed by atoms with E-state index in [2.05, 4.69) is 0 Å². The van der Waals surface area contributed by atoms with E-state index in [0.29, 0.717) is 31.4 Å². The third-order valence-corrected chi connectivity index (χ3v) is 10.5. The van der Waals surface area contributed by atoms with Gasteiger partial charge in [0, 0.05) is 31.7 Å². The number of thioether (sulfide) groups is 1. The molecule has 0 saturated carbocycles. The number of benzene rings is 2. The lowest BCUT2D eigenvalue weighted by Crippen LogP contribution is -2.33. The van der Waals surface area contributed by atoms with Gasteiger partial charge in [-0.1, -0.05) is 85.3 Å². The summed E-state index contributed by atoms with van der Waals surface area (Å²) in [7, 11) is 3.91. The molecule has 1 amide bonds. The van der Waals surface area contributed by atoms with Crippen molar-refractivity contribution in [3.63, 3.8) is 0 Å². The third kappa shape index (κ3) is 21.7. The lowest BCUT2D eigenvalue weighted by Gasteiger charge is -2.23. The Morgan fingerprint density at radius 3 is 1.43 bits per heavy atom. The number of amides is 1. The van der Waals surface area contributed by atoms with Gasteiger partial charge in [0.15, 0.2) is 12.2 Å². The van der Waals surface area contributed by atoms with Gasteiger partial charge in [0.2, 0.25) is 0 Å². The minimum absolute atomic E-state index is 0.0456. The standard InChI is InChI=1S/C44H66N2O11S/c1-32-12-18-36(19-13-32)22-16-34(3)42(51)54-30-38(28-47)56-40(49)10-7-25-46(44(53)58-27-9-24-45(5)6)26-8-11-41(50)57-39(29-48)31-55-43(52)35(4)17-23-37-20-14-33(2)15-21-37/h12-15,18-21,34-35,38-39,47-48H,7-11,16-17,22-31H2,1-6H3. The quantitative estimate of drug-likeness (QED) is 0.0609. The number of hydrogen-bond donors (Lipinski definition) is 2. The Balaban J connectivity index is 1.78. The Morgan fingerprint density at radius 2 is 1.05 bits per heavy atom. The molecule has 0 spiro atoms. The molecule has 324 valence electrons. The van der Waals surface area contributed by atoms with Crippen LogP contribution in [0.4, 0.5) is 4.79 Å². The first-order chi connectivity index (χ1) is 27.7. The zero-order chi connectivity index (χ0) is 42.9. The maximum atomic E-state index is 13.2. The molecule has 2 rings (SSSR count). The SMILES string of the molecule is Cc1ccc(CCC(C)C(=O)OCC(CO)OC(=O)CCCN(CCCC(=O)OC(CO)COC(=O)C(C)CCc2ccc(C)cc2)C(=O)SCCCN(C)C)cc1. The number of carbonyl (C=O) groups excluding carboxylic acids is 5. The summed E-state index contributed by atoms with van der Waals surface area (Å²) in [5, 5.41) is 19.4. The van der Waals surface area contributed by atoms with Crippen LogP contribution < -0.4 is 0 Å². The number of ether oxygens (including phenoxy) is 4. The smallest absolute Gasteiger partial charge is 0.308 e. The van der Waals surface area contributed by atoms with Crippen LogP contribution in [0, 0.1) is 25.7 Å². The topological polar surface area (TPSA) is 169 Å². The van der Waals surface area contributed by atoms with Gasteiger partial charge < -0.3 is 39.0 Å². The molecule has 0 fully saturated rings. The van der Waals surface area contributed by atoms with E-state index in [4.69, 9.17) is 18.9 Å². The van der Waals surface area contributed by atoms with E-state index in [1.54, 1.807) is 18.7 Å². The number of aliphatic hydroxyl groups excluding tert-OH is 2. The van der Waals surface area contributed by atoms with E-state index < -0.39 is 49.3 Å². The predicted molar refractivity (Wildman–Crippen MR) is 224 cm³/mol. The maximum absolute atomic E-state index is 13.2. The van der Waals surface area contributed by atoms with Crippen LogP contribution in [0.3, 0.4) is 0 Å². The first-order valence-corrected chi connectivity index (χ1v) is 21.3. The summed E-state index contributed by atoms with van der Waals surface area (Å²) in [6.45, 7) is 7.25. The molecule has 0 aliphatic rings. The lowest BCUT2D eigenvalue weighted by atomic mass is 10.0. The van der Waals surface area contributed by atoms with Crippen molar-refractivity contribution >= 4 is 40.9 Å². The molecule has 13 nitrogen and oxygen atoms in total. The number of aryl methyl sites for hydroxylation is 4. The molecule has 0 heterocycles. The van der Waals surface area contributed by atoms with Gasteiger partial charge in [-0.2, -0.15) is 0 Å². The highest BCUT2D eigenvalue weighted by molar-refractivity contribution is 8.13. The molecule has 0 radical (unpaired) electrons. The molecule has 0 saturated heterocycles. The molecule has 0 aromatic heterocycles. The van der Waals surface area contributed by atoms with Gasteiger partial charge in [0.05, 0.1) is 25.0 Å². The molecule has 4 unspecified atom stereocenters. The predicted octanol–water partition coefficient (Wildman–Crippen LogP) is 5.70. The van der Waals surface area contributed by atoms with Crippen molar-refractivity contribution in [2.45, 2.75) is 97.7 Å². The average Bonchev–Trinajstić information content (AvgIpc) is 3.20. The maximum Gasteiger partial charge on any atom is 0.308 e. The zero-order valence-electron chi connectivity index (χ0n) is 35.3. The summed E-state index contributed by atoms with van der Waals surface area (Å²) in [4.78, 5) is 67.2. The molecular formula is C44H66N2O11S. The number of esters is 4. The Bertz CT molecular complexity index is 1420. The van der Waals surface area contributed by atoms with Crippen molar-refractivity contribution in [2.75, 3.05) is 65.9 Å². The summed E-state index contributed by atoms with van der Waals surface area (Å²) >= 11 is 1.17. The second kappa shape index (κ2) is 28.4. The molecule has 0 aliphatic heterocycles. The molecule has 0 bridgehead atoms. The van der Waals surface area contributed by atoms with Crippen molar-refractivity contribution in [3.05, 3.63) is 70.8 Å². The van der Waals surface area contributed by atoms with Crippen LogP contribution in [0.25, 0.3) is 0 Å².